The minimum absolute atomic E-state index is 0.0554. The lowest BCUT2D eigenvalue weighted by Crippen LogP contribution is -2.17. The van der Waals surface area contributed by atoms with E-state index < -0.39 is 0 Å². The zero-order valence-electron chi connectivity index (χ0n) is 12.9. The molecule has 5 heteroatoms. The summed E-state index contributed by atoms with van der Waals surface area (Å²) in [6, 6.07) is 14.9. The molecule has 1 N–H and O–H groups in total. The molecule has 3 aromatic rings. The van der Waals surface area contributed by atoms with Crippen LogP contribution in [-0.4, -0.2) is 10.5 Å². The SMILES string of the molecule is Cc1ccccc1NC(=O)CCCn1c(=O)oc2ccccc21. The molecule has 0 saturated carbocycles. The number of carbonyl (C=O) groups is 1. The molecule has 2 aromatic carbocycles. The first-order valence-corrected chi connectivity index (χ1v) is 7.59. The molecule has 118 valence electrons. The molecular formula is C18H18N2O3. The molecule has 1 amide bonds. The zero-order chi connectivity index (χ0) is 16.2. The maximum atomic E-state index is 12.0. The smallest absolute Gasteiger partial charge is 0.408 e. The largest absolute Gasteiger partial charge is 0.419 e. The van der Waals surface area contributed by atoms with Crippen LogP contribution in [0.1, 0.15) is 18.4 Å². The standard InChI is InChI=1S/C18H18N2O3/c1-13-7-2-3-8-14(13)19-17(21)11-6-12-20-15-9-4-5-10-16(15)23-18(20)22/h2-5,7-10H,6,11-12H2,1H3,(H,19,21). The third-order valence-electron chi connectivity index (χ3n) is 3.78. The molecule has 0 radical (unpaired) electrons. The molecule has 5 nitrogen and oxygen atoms in total. The molecule has 0 aliphatic heterocycles. The second-order valence-electron chi connectivity index (χ2n) is 5.45. The lowest BCUT2D eigenvalue weighted by atomic mass is 10.2. The molecule has 0 fully saturated rings. The van der Waals surface area contributed by atoms with E-state index >= 15 is 0 Å². The quantitative estimate of drug-likeness (QED) is 0.786. The van der Waals surface area contributed by atoms with Crippen molar-refractivity contribution in [3.63, 3.8) is 0 Å². The summed E-state index contributed by atoms with van der Waals surface area (Å²) in [5.74, 6) is -0.439. The van der Waals surface area contributed by atoms with Gasteiger partial charge in [0.1, 0.15) is 0 Å². The van der Waals surface area contributed by atoms with Crippen molar-refractivity contribution in [2.45, 2.75) is 26.3 Å². The van der Waals surface area contributed by atoms with Gasteiger partial charge in [-0.25, -0.2) is 4.79 Å². The molecule has 23 heavy (non-hydrogen) atoms. The number of aromatic nitrogens is 1. The van der Waals surface area contributed by atoms with Crippen molar-refractivity contribution < 1.29 is 9.21 Å². The van der Waals surface area contributed by atoms with E-state index in [1.807, 2.05) is 49.4 Å². The molecule has 0 spiro atoms. The first-order valence-electron chi connectivity index (χ1n) is 7.59. The Morgan fingerprint density at radius 2 is 1.87 bits per heavy atom. The predicted molar refractivity (Wildman–Crippen MR) is 89.5 cm³/mol. The van der Waals surface area contributed by atoms with E-state index in [0.29, 0.717) is 25.0 Å². The van der Waals surface area contributed by atoms with Gasteiger partial charge in [0.15, 0.2) is 5.58 Å². The number of anilines is 1. The number of hydrogen-bond acceptors (Lipinski definition) is 3. The van der Waals surface area contributed by atoms with Gasteiger partial charge in [0.2, 0.25) is 5.91 Å². The summed E-state index contributed by atoms with van der Waals surface area (Å²) >= 11 is 0. The molecule has 1 heterocycles. The predicted octanol–water partition coefficient (Wildman–Crippen LogP) is 3.32. The number of benzene rings is 2. The minimum atomic E-state index is -0.384. The molecule has 0 bridgehead atoms. The highest BCUT2D eigenvalue weighted by Gasteiger charge is 2.09. The number of carbonyl (C=O) groups excluding carboxylic acids is 1. The Balaban J connectivity index is 1.61. The first-order chi connectivity index (χ1) is 11.1. The summed E-state index contributed by atoms with van der Waals surface area (Å²) < 4.78 is 6.74. The summed E-state index contributed by atoms with van der Waals surface area (Å²) in [6.07, 6.45) is 0.918. The van der Waals surface area contributed by atoms with E-state index in [4.69, 9.17) is 4.42 Å². The third-order valence-corrected chi connectivity index (χ3v) is 3.78. The average molecular weight is 310 g/mol. The number of rotatable bonds is 5. The van der Waals surface area contributed by atoms with Gasteiger partial charge in [-0.3, -0.25) is 9.36 Å². The van der Waals surface area contributed by atoms with Gasteiger partial charge in [-0.15, -0.1) is 0 Å². The van der Waals surface area contributed by atoms with E-state index in [9.17, 15) is 9.59 Å². The highest BCUT2D eigenvalue weighted by atomic mass is 16.4. The number of nitrogens with zero attached hydrogens (tertiary/aromatic N) is 1. The monoisotopic (exact) mass is 310 g/mol. The van der Waals surface area contributed by atoms with Crippen LogP contribution in [0.4, 0.5) is 5.69 Å². The molecule has 0 aliphatic carbocycles. The number of amides is 1. The molecule has 0 unspecified atom stereocenters. The number of oxazole rings is 1. The van der Waals surface area contributed by atoms with Gasteiger partial charge < -0.3 is 9.73 Å². The Bertz CT molecular complexity index is 892. The summed E-state index contributed by atoms with van der Waals surface area (Å²) in [5.41, 5.74) is 3.18. The zero-order valence-corrected chi connectivity index (χ0v) is 12.9. The van der Waals surface area contributed by atoms with Crippen molar-refractivity contribution in [1.82, 2.24) is 4.57 Å². The van der Waals surface area contributed by atoms with Gasteiger partial charge in [0.25, 0.3) is 0 Å². The Hall–Kier alpha value is -2.82. The fraction of sp³-hybridized carbons (Fsp3) is 0.222. The third kappa shape index (κ3) is 3.34. The van der Waals surface area contributed by atoms with Crippen molar-refractivity contribution >= 4 is 22.7 Å². The Morgan fingerprint density at radius 3 is 2.70 bits per heavy atom. The highest BCUT2D eigenvalue weighted by molar-refractivity contribution is 5.91. The van der Waals surface area contributed by atoms with Crippen LogP contribution in [0, 0.1) is 6.92 Å². The summed E-state index contributed by atoms with van der Waals surface area (Å²) in [4.78, 5) is 23.9. The minimum Gasteiger partial charge on any atom is -0.408 e. The van der Waals surface area contributed by atoms with E-state index in [-0.39, 0.29) is 11.7 Å². The maximum absolute atomic E-state index is 12.0. The van der Waals surface area contributed by atoms with E-state index in [1.54, 1.807) is 10.6 Å². The van der Waals surface area contributed by atoms with Gasteiger partial charge >= 0.3 is 5.76 Å². The van der Waals surface area contributed by atoms with Crippen LogP contribution in [0.25, 0.3) is 11.1 Å². The lowest BCUT2D eigenvalue weighted by molar-refractivity contribution is -0.116. The van der Waals surface area contributed by atoms with Crippen LogP contribution >= 0.6 is 0 Å². The Morgan fingerprint density at radius 1 is 1.13 bits per heavy atom. The van der Waals surface area contributed by atoms with E-state index in [2.05, 4.69) is 5.32 Å². The molecule has 1 aromatic heterocycles. The second kappa shape index (κ2) is 6.52. The van der Waals surface area contributed by atoms with Gasteiger partial charge in [-0.05, 0) is 37.1 Å². The van der Waals surface area contributed by atoms with Crippen molar-refractivity contribution in [3.8, 4) is 0 Å². The second-order valence-corrected chi connectivity index (χ2v) is 5.45. The van der Waals surface area contributed by atoms with Crippen molar-refractivity contribution in [2.24, 2.45) is 0 Å². The number of para-hydroxylation sites is 3. The molecular weight excluding hydrogens is 292 g/mol. The molecule has 3 rings (SSSR count). The number of hydrogen-bond donors (Lipinski definition) is 1. The van der Waals surface area contributed by atoms with Gasteiger partial charge in [0.05, 0.1) is 5.52 Å². The number of aryl methyl sites for hydroxylation is 2. The summed E-state index contributed by atoms with van der Waals surface area (Å²) in [6.45, 7) is 2.41. The van der Waals surface area contributed by atoms with Crippen molar-refractivity contribution in [2.75, 3.05) is 5.32 Å². The van der Waals surface area contributed by atoms with Crippen LogP contribution in [0.5, 0.6) is 0 Å². The normalized spacial score (nSPS) is 10.8. The first kappa shape index (κ1) is 15.1. The lowest BCUT2D eigenvalue weighted by Gasteiger charge is -2.08. The molecule has 0 atom stereocenters. The van der Waals surface area contributed by atoms with Crippen LogP contribution in [0.2, 0.25) is 0 Å². The fourth-order valence-corrected chi connectivity index (χ4v) is 2.55. The van der Waals surface area contributed by atoms with Gasteiger partial charge in [-0.1, -0.05) is 30.3 Å². The topological polar surface area (TPSA) is 64.2 Å². The highest BCUT2D eigenvalue weighted by Crippen LogP contribution is 2.15. The number of nitrogens with one attached hydrogen (secondary N) is 1. The molecule has 0 aliphatic rings. The average Bonchev–Trinajstić information content (AvgIpc) is 2.86. The van der Waals surface area contributed by atoms with Crippen LogP contribution < -0.4 is 11.1 Å². The van der Waals surface area contributed by atoms with Gasteiger partial charge in [-0.2, -0.15) is 0 Å². The summed E-state index contributed by atoms with van der Waals surface area (Å²) in [7, 11) is 0. The number of fused-ring (bicyclic) bond motifs is 1. The van der Waals surface area contributed by atoms with E-state index in [0.717, 1.165) is 16.8 Å². The van der Waals surface area contributed by atoms with Crippen LogP contribution in [0.15, 0.2) is 57.7 Å². The molecule has 0 saturated heterocycles. The van der Waals surface area contributed by atoms with E-state index in [1.165, 1.54) is 0 Å². The van der Waals surface area contributed by atoms with Crippen LogP contribution in [-0.2, 0) is 11.3 Å². The fourth-order valence-electron chi connectivity index (χ4n) is 2.55. The van der Waals surface area contributed by atoms with Crippen molar-refractivity contribution in [3.05, 3.63) is 64.6 Å². The van der Waals surface area contributed by atoms with Crippen molar-refractivity contribution in [1.29, 1.82) is 0 Å². The Kier molecular flexibility index (Phi) is 4.28. The Labute approximate surface area is 133 Å². The van der Waals surface area contributed by atoms with Gasteiger partial charge in [0, 0.05) is 18.7 Å². The maximum Gasteiger partial charge on any atom is 0.419 e. The summed E-state index contributed by atoms with van der Waals surface area (Å²) in [5, 5.41) is 2.89. The van der Waals surface area contributed by atoms with Crippen LogP contribution in [0.3, 0.4) is 0 Å².